The molecule has 0 radical (unpaired) electrons. The van der Waals surface area contributed by atoms with Crippen molar-refractivity contribution in [3.8, 4) is 0 Å². The molecule has 2 rings (SSSR count). The lowest BCUT2D eigenvalue weighted by Gasteiger charge is -2.32. The molecule has 0 unspecified atom stereocenters. The van der Waals surface area contributed by atoms with E-state index in [2.05, 4.69) is 4.90 Å². The van der Waals surface area contributed by atoms with Gasteiger partial charge in [-0.1, -0.05) is 18.2 Å². The van der Waals surface area contributed by atoms with Crippen LogP contribution in [0.1, 0.15) is 5.56 Å². The third-order valence-electron chi connectivity index (χ3n) is 3.39. The van der Waals surface area contributed by atoms with E-state index in [4.69, 9.17) is 0 Å². The molecule has 1 amide bonds. The number of amides is 1. The van der Waals surface area contributed by atoms with E-state index >= 15 is 0 Å². The monoisotopic (exact) mass is 263 g/mol. The fourth-order valence-electron chi connectivity index (χ4n) is 2.17. The average Bonchev–Trinajstić information content (AvgIpc) is 2.39. The van der Waals surface area contributed by atoms with E-state index in [1.54, 1.807) is 23.1 Å². The van der Waals surface area contributed by atoms with Gasteiger partial charge in [0.25, 0.3) is 5.69 Å². The SMILES string of the molecule is CN1CCN(C(=O)Cc2ccccc2[N+](=O)[O-])CC1. The predicted molar refractivity (Wildman–Crippen MR) is 70.9 cm³/mol. The van der Waals surface area contributed by atoms with Crippen molar-refractivity contribution in [2.24, 2.45) is 0 Å². The maximum absolute atomic E-state index is 12.1. The first-order valence-corrected chi connectivity index (χ1v) is 6.26. The predicted octanol–water partition coefficient (Wildman–Crippen LogP) is 0.911. The third-order valence-corrected chi connectivity index (χ3v) is 3.39. The molecule has 6 nitrogen and oxygen atoms in total. The highest BCUT2D eigenvalue weighted by atomic mass is 16.6. The Kier molecular flexibility index (Phi) is 4.11. The molecule has 0 spiro atoms. The normalized spacial score (nSPS) is 16.4. The Morgan fingerprint density at radius 1 is 1.26 bits per heavy atom. The number of nitro groups is 1. The second-order valence-corrected chi connectivity index (χ2v) is 4.75. The van der Waals surface area contributed by atoms with Gasteiger partial charge in [-0.15, -0.1) is 0 Å². The molecule has 0 aliphatic carbocycles. The van der Waals surface area contributed by atoms with Crippen LogP contribution in [-0.2, 0) is 11.2 Å². The summed E-state index contributed by atoms with van der Waals surface area (Å²) < 4.78 is 0. The van der Waals surface area contributed by atoms with Gasteiger partial charge in [-0.3, -0.25) is 14.9 Å². The summed E-state index contributed by atoms with van der Waals surface area (Å²) in [5, 5.41) is 10.9. The van der Waals surface area contributed by atoms with Gasteiger partial charge in [0, 0.05) is 37.8 Å². The van der Waals surface area contributed by atoms with Gasteiger partial charge in [0.05, 0.1) is 11.3 Å². The summed E-state index contributed by atoms with van der Waals surface area (Å²) >= 11 is 0. The van der Waals surface area contributed by atoms with Crippen molar-refractivity contribution in [1.29, 1.82) is 0 Å². The summed E-state index contributed by atoms with van der Waals surface area (Å²) in [6, 6.07) is 6.42. The Morgan fingerprint density at radius 3 is 2.53 bits per heavy atom. The highest BCUT2D eigenvalue weighted by Crippen LogP contribution is 2.19. The molecule has 6 heteroatoms. The van der Waals surface area contributed by atoms with Crippen molar-refractivity contribution in [3.05, 3.63) is 39.9 Å². The van der Waals surface area contributed by atoms with Crippen LogP contribution in [0.15, 0.2) is 24.3 Å². The highest BCUT2D eigenvalue weighted by molar-refractivity contribution is 5.80. The van der Waals surface area contributed by atoms with Crippen LogP contribution in [0.4, 0.5) is 5.69 Å². The number of hydrogen-bond acceptors (Lipinski definition) is 4. The van der Waals surface area contributed by atoms with Crippen LogP contribution in [0.5, 0.6) is 0 Å². The minimum Gasteiger partial charge on any atom is -0.340 e. The molecule has 1 aliphatic rings. The quantitative estimate of drug-likeness (QED) is 0.600. The van der Waals surface area contributed by atoms with Gasteiger partial charge in [-0.25, -0.2) is 0 Å². The number of nitrogens with zero attached hydrogens (tertiary/aromatic N) is 3. The van der Waals surface area contributed by atoms with Crippen LogP contribution in [0.2, 0.25) is 0 Å². The average molecular weight is 263 g/mol. The zero-order valence-corrected chi connectivity index (χ0v) is 10.9. The van der Waals surface area contributed by atoms with Gasteiger partial charge in [-0.05, 0) is 7.05 Å². The van der Waals surface area contributed by atoms with E-state index in [1.165, 1.54) is 6.07 Å². The largest absolute Gasteiger partial charge is 0.340 e. The van der Waals surface area contributed by atoms with Crippen LogP contribution in [0.3, 0.4) is 0 Å². The van der Waals surface area contributed by atoms with Crippen LogP contribution >= 0.6 is 0 Å². The minimum absolute atomic E-state index is 0.0185. The Hall–Kier alpha value is -1.95. The van der Waals surface area contributed by atoms with Gasteiger partial charge in [0.1, 0.15) is 0 Å². The van der Waals surface area contributed by atoms with E-state index < -0.39 is 4.92 Å². The zero-order valence-electron chi connectivity index (χ0n) is 10.9. The molecule has 0 atom stereocenters. The molecular weight excluding hydrogens is 246 g/mol. The molecular formula is C13H17N3O3. The molecule has 102 valence electrons. The number of carbonyl (C=O) groups excluding carboxylic acids is 1. The number of hydrogen-bond donors (Lipinski definition) is 0. The van der Waals surface area contributed by atoms with Gasteiger partial charge < -0.3 is 9.80 Å². The summed E-state index contributed by atoms with van der Waals surface area (Å²) in [5.41, 5.74) is 0.501. The summed E-state index contributed by atoms with van der Waals surface area (Å²) in [7, 11) is 2.02. The molecule has 0 bridgehead atoms. The number of carbonyl (C=O) groups is 1. The van der Waals surface area contributed by atoms with E-state index in [1.807, 2.05) is 7.05 Å². The van der Waals surface area contributed by atoms with Crippen molar-refractivity contribution < 1.29 is 9.72 Å². The lowest BCUT2D eigenvalue weighted by molar-refractivity contribution is -0.385. The van der Waals surface area contributed by atoms with E-state index in [0.717, 1.165) is 13.1 Å². The van der Waals surface area contributed by atoms with Gasteiger partial charge in [-0.2, -0.15) is 0 Å². The zero-order chi connectivity index (χ0) is 13.8. The molecule has 0 N–H and O–H groups in total. The van der Waals surface area contributed by atoms with Crippen molar-refractivity contribution in [2.75, 3.05) is 33.2 Å². The van der Waals surface area contributed by atoms with Gasteiger partial charge >= 0.3 is 0 Å². The molecule has 19 heavy (non-hydrogen) atoms. The lowest BCUT2D eigenvalue weighted by atomic mass is 10.1. The molecule has 0 saturated carbocycles. The minimum atomic E-state index is -0.438. The molecule has 1 aromatic rings. The Bertz CT molecular complexity index is 482. The van der Waals surface area contributed by atoms with E-state index in [9.17, 15) is 14.9 Å². The Morgan fingerprint density at radius 2 is 1.89 bits per heavy atom. The third kappa shape index (κ3) is 3.29. The van der Waals surface area contributed by atoms with Gasteiger partial charge in [0.15, 0.2) is 0 Å². The molecule has 1 aliphatic heterocycles. The number of nitro benzene ring substituents is 1. The Labute approximate surface area is 111 Å². The molecule has 1 saturated heterocycles. The summed E-state index contributed by atoms with van der Waals surface area (Å²) in [6.45, 7) is 3.08. The highest BCUT2D eigenvalue weighted by Gasteiger charge is 2.22. The first-order valence-electron chi connectivity index (χ1n) is 6.26. The first-order chi connectivity index (χ1) is 9.08. The molecule has 1 aromatic carbocycles. The smallest absolute Gasteiger partial charge is 0.273 e. The summed E-state index contributed by atoms with van der Waals surface area (Å²) in [5.74, 6) is -0.0394. The standard InChI is InChI=1S/C13H17N3O3/c1-14-6-8-15(9-7-14)13(17)10-11-4-2-3-5-12(11)16(18)19/h2-5H,6-10H2,1H3. The van der Waals surface area contributed by atoms with E-state index in [-0.39, 0.29) is 18.0 Å². The van der Waals surface area contributed by atoms with Crippen molar-refractivity contribution in [2.45, 2.75) is 6.42 Å². The molecule has 1 heterocycles. The van der Waals surface area contributed by atoms with Crippen LogP contribution in [0, 0.1) is 10.1 Å². The van der Waals surface area contributed by atoms with Gasteiger partial charge in [0.2, 0.25) is 5.91 Å². The summed E-state index contributed by atoms with van der Waals surface area (Å²) in [6.07, 6.45) is 0.0981. The number of benzene rings is 1. The number of para-hydroxylation sites is 1. The van der Waals surface area contributed by atoms with Crippen LogP contribution < -0.4 is 0 Å². The maximum atomic E-state index is 12.1. The van der Waals surface area contributed by atoms with E-state index in [0.29, 0.717) is 18.7 Å². The number of likely N-dealkylation sites (N-methyl/N-ethyl adjacent to an activating group) is 1. The van der Waals surface area contributed by atoms with Crippen molar-refractivity contribution in [3.63, 3.8) is 0 Å². The van der Waals surface area contributed by atoms with Crippen molar-refractivity contribution in [1.82, 2.24) is 9.80 Å². The first kappa shape index (κ1) is 13.5. The molecule has 0 aromatic heterocycles. The number of piperazine rings is 1. The molecule has 1 fully saturated rings. The second kappa shape index (κ2) is 5.79. The topological polar surface area (TPSA) is 66.7 Å². The van der Waals surface area contributed by atoms with Crippen LogP contribution in [-0.4, -0.2) is 53.9 Å². The fourth-order valence-corrected chi connectivity index (χ4v) is 2.17. The van der Waals surface area contributed by atoms with Crippen LogP contribution in [0.25, 0.3) is 0 Å². The fraction of sp³-hybridized carbons (Fsp3) is 0.462. The number of rotatable bonds is 3. The summed E-state index contributed by atoms with van der Waals surface area (Å²) in [4.78, 5) is 26.5. The maximum Gasteiger partial charge on any atom is 0.273 e. The second-order valence-electron chi connectivity index (χ2n) is 4.75. The lowest BCUT2D eigenvalue weighted by Crippen LogP contribution is -2.47. The van der Waals surface area contributed by atoms with Crippen molar-refractivity contribution >= 4 is 11.6 Å². The Balaban J connectivity index is 2.05.